The Balaban J connectivity index is 0.000000175. The van der Waals surface area contributed by atoms with Crippen molar-refractivity contribution in [1.29, 1.82) is 5.41 Å². The van der Waals surface area contributed by atoms with Crippen LogP contribution in [-0.2, 0) is 6.54 Å². The molecule has 3 heteroatoms. The minimum atomic E-state index is 0.598. The molecule has 0 aliphatic carbocycles. The molecule has 0 atom stereocenters. The Labute approximate surface area is 322 Å². The van der Waals surface area contributed by atoms with E-state index in [2.05, 4.69) is 159 Å². The van der Waals surface area contributed by atoms with Gasteiger partial charge in [0.1, 0.15) is 0 Å². The Hall–Kier alpha value is -6.39. The van der Waals surface area contributed by atoms with E-state index >= 15 is 0 Å². The molecule has 0 unspecified atom stereocenters. The lowest BCUT2D eigenvalue weighted by Crippen LogP contribution is -1.95. The SMILES string of the molecule is Cc1ccccc1.N=Cc1ccc(-c2ccccc2)c2sc3c(-c4ccccc4)cc(-c4ccccc4)cc3c12.NCc1cccc(-c2ccccc2)c1. The summed E-state index contributed by atoms with van der Waals surface area (Å²) in [5, 5.41) is 10.5. The molecule has 262 valence electrons. The highest BCUT2D eigenvalue weighted by atomic mass is 32.1. The van der Waals surface area contributed by atoms with Crippen LogP contribution in [0.4, 0.5) is 0 Å². The molecule has 0 bridgehead atoms. The molecule has 9 aromatic rings. The zero-order chi connectivity index (χ0) is 37.1. The van der Waals surface area contributed by atoms with Gasteiger partial charge in [0.25, 0.3) is 0 Å². The van der Waals surface area contributed by atoms with Crippen molar-refractivity contribution in [2.45, 2.75) is 13.5 Å². The number of aryl methyl sites for hydroxylation is 1. The lowest BCUT2D eigenvalue weighted by Gasteiger charge is -2.09. The van der Waals surface area contributed by atoms with E-state index in [1.54, 1.807) is 0 Å². The largest absolute Gasteiger partial charge is 0.326 e. The summed E-state index contributed by atoms with van der Waals surface area (Å²) >= 11 is 1.83. The maximum Gasteiger partial charge on any atom is 0.0440 e. The summed E-state index contributed by atoms with van der Waals surface area (Å²) in [7, 11) is 0. The van der Waals surface area contributed by atoms with Crippen molar-refractivity contribution in [2.24, 2.45) is 5.73 Å². The normalized spacial score (nSPS) is 10.6. The first-order valence-corrected chi connectivity index (χ1v) is 19.0. The third kappa shape index (κ3) is 8.29. The van der Waals surface area contributed by atoms with E-state index in [9.17, 15) is 0 Å². The Bertz CT molecular complexity index is 2580. The lowest BCUT2D eigenvalue weighted by atomic mass is 9.94. The molecule has 0 aliphatic heterocycles. The quantitative estimate of drug-likeness (QED) is 0.166. The van der Waals surface area contributed by atoms with Gasteiger partial charge in [-0.3, -0.25) is 0 Å². The number of hydrogen-bond donors (Lipinski definition) is 2. The zero-order valence-electron chi connectivity index (χ0n) is 30.3. The molecule has 1 aromatic heterocycles. The van der Waals surface area contributed by atoms with Crippen LogP contribution in [0.15, 0.2) is 200 Å². The summed E-state index contributed by atoms with van der Waals surface area (Å²) in [4.78, 5) is 0. The van der Waals surface area contributed by atoms with Crippen LogP contribution in [0.1, 0.15) is 16.7 Å². The van der Waals surface area contributed by atoms with Gasteiger partial charge in [-0.2, -0.15) is 0 Å². The summed E-state index contributed by atoms with van der Waals surface area (Å²) in [5.74, 6) is 0. The van der Waals surface area contributed by atoms with Crippen molar-refractivity contribution < 1.29 is 0 Å². The first-order chi connectivity index (χ1) is 26.6. The molecule has 3 N–H and O–H groups in total. The average molecular weight is 715 g/mol. The number of rotatable bonds is 6. The molecular weight excluding hydrogens is 673 g/mol. The Morgan fingerprint density at radius 1 is 0.463 bits per heavy atom. The van der Waals surface area contributed by atoms with E-state index in [0.717, 1.165) is 5.56 Å². The molecule has 0 spiro atoms. The van der Waals surface area contributed by atoms with Crippen molar-refractivity contribution in [3.63, 3.8) is 0 Å². The van der Waals surface area contributed by atoms with Crippen molar-refractivity contribution in [1.82, 2.24) is 0 Å². The highest BCUT2D eigenvalue weighted by Crippen LogP contribution is 2.46. The minimum absolute atomic E-state index is 0.598. The molecule has 0 saturated carbocycles. The summed E-state index contributed by atoms with van der Waals surface area (Å²) in [6, 6.07) is 69.5. The molecular formula is C51H42N2S. The standard InChI is InChI=1S/C31H21NS.C13H13N.C7H8/c32-20-24-16-17-26(22-12-6-2-7-13-22)31-29(24)28-19-25(21-10-4-1-5-11-21)18-27(30(28)33-31)23-14-8-3-9-15-23;14-10-11-5-4-8-13(9-11)12-6-2-1-3-7-12;1-7-5-3-2-4-6-7/h1-20,32H;1-9H,10,14H2;2-6H,1H3. The molecule has 0 saturated heterocycles. The monoisotopic (exact) mass is 714 g/mol. The Morgan fingerprint density at radius 3 is 1.48 bits per heavy atom. The number of nitrogens with one attached hydrogen (secondary N) is 1. The van der Waals surface area contributed by atoms with Crippen molar-refractivity contribution in [2.75, 3.05) is 0 Å². The van der Waals surface area contributed by atoms with Gasteiger partial charge in [-0.25, -0.2) is 0 Å². The second kappa shape index (κ2) is 17.4. The van der Waals surface area contributed by atoms with Crippen LogP contribution in [0, 0.1) is 12.3 Å². The molecule has 0 fully saturated rings. The van der Waals surface area contributed by atoms with Gasteiger partial charge in [-0.05, 0) is 69.6 Å². The minimum Gasteiger partial charge on any atom is -0.326 e. The van der Waals surface area contributed by atoms with Crippen LogP contribution >= 0.6 is 11.3 Å². The van der Waals surface area contributed by atoms with Crippen LogP contribution in [0.2, 0.25) is 0 Å². The highest BCUT2D eigenvalue weighted by molar-refractivity contribution is 7.27. The molecule has 9 rings (SSSR count). The average Bonchev–Trinajstić information content (AvgIpc) is 3.65. The zero-order valence-corrected chi connectivity index (χ0v) is 31.1. The molecule has 2 nitrogen and oxygen atoms in total. The summed E-state index contributed by atoms with van der Waals surface area (Å²) in [6.07, 6.45) is 1.49. The van der Waals surface area contributed by atoms with Gasteiger partial charge in [0.05, 0.1) is 0 Å². The predicted molar refractivity (Wildman–Crippen MR) is 234 cm³/mol. The molecule has 8 aromatic carbocycles. The fourth-order valence-corrected chi connectivity index (χ4v) is 8.03. The number of thiophene rings is 1. The van der Waals surface area contributed by atoms with Gasteiger partial charge in [-0.15, -0.1) is 11.3 Å². The number of fused-ring (bicyclic) bond motifs is 3. The van der Waals surface area contributed by atoms with Gasteiger partial charge in [-0.1, -0.05) is 188 Å². The van der Waals surface area contributed by atoms with E-state index in [0.29, 0.717) is 6.54 Å². The van der Waals surface area contributed by atoms with Gasteiger partial charge in [0.2, 0.25) is 0 Å². The van der Waals surface area contributed by atoms with Gasteiger partial charge in [0.15, 0.2) is 0 Å². The summed E-state index contributed by atoms with van der Waals surface area (Å²) in [5.41, 5.74) is 18.8. The van der Waals surface area contributed by atoms with E-state index < -0.39 is 0 Å². The van der Waals surface area contributed by atoms with Crippen molar-refractivity contribution in [3.05, 3.63) is 217 Å². The third-order valence-corrected chi connectivity index (χ3v) is 10.7. The Morgan fingerprint density at radius 2 is 0.963 bits per heavy atom. The predicted octanol–water partition coefficient (Wildman–Crippen LogP) is 13.9. The third-order valence-electron chi connectivity index (χ3n) is 9.39. The van der Waals surface area contributed by atoms with E-state index in [4.69, 9.17) is 11.1 Å². The van der Waals surface area contributed by atoms with Crippen LogP contribution in [0.3, 0.4) is 0 Å². The fraction of sp³-hybridized carbons (Fsp3) is 0.0392. The first kappa shape index (κ1) is 36.0. The van der Waals surface area contributed by atoms with Crippen LogP contribution in [-0.4, -0.2) is 6.21 Å². The maximum absolute atomic E-state index is 8.13. The number of hydrogen-bond acceptors (Lipinski definition) is 3. The molecule has 0 amide bonds. The van der Waals surface area contributed by atoms with E-state index in [-0.39, 0.29) is 0 Å². The molecule has 54 heavy (non-hydrogen) atoms. The van der Waals surface area contributed by atoms with Gasteiger partial charge < -0.3 is 11.1 Å². The highest BCUT2D eigenvalue weighted by Gasteiger charge is 2.18. The van der Waals surface area contributed by atoms with Crippen LogP contribution < -0.4 is 5.73 Å². The fourth-order valence-electron chi connectivity index (χ4n) is 6.65. The van der Waals surface area contributed by atoms with Crippen LogP contribution in [0.5, 0.6) is 0 Å². The van der Waals surface area contributed by atoms with Gasteiger partial charge >= 0.3 is 0 Å². The van der Waals surface area contributed by atoms with Crippen LogP contribution in [0.25, 0.3) is 64.7 Å². The number of benzene rings is 8. The van der Waals surface area contributed by atoms with Crippen molar-refractivity contribution >= 4 is 37.7 Å². The first-order valence-electron chi connectivity index (χ1n) is 18.2. The molecule has 1 heterocycles. The maximum atomic E-state index is 8.13. The summed E-state index contributed by atoms with van der Waals surface area (Å²) in [6.45, 7) is 2.68. The second-order valence-electron chi connectivity index (χ2n) is 13.1. The molecule has 0 radical (unpaired) electrons. The topological polar surface area (TPSA) is 49.9 Å². The lowest BCUT2D eigenvalue weighted by molar-refractivity contribution is 1.07. The Kier molecular flexibility index (Phi) is 11.6. The van der Waals surface area contributed by atoms with Crippen molar-refractivity contribution in [3.8, 4) is 44.5 Å². The number of nitrogens with two attached hydrogens (primary N) is 1. The molecule has 0 aliphatic rings. The van der Waals surface area contributed by atoms with E-state index in [1.165, 1.54) is 82.0 Å². The van der Waals surface area contributed by atoms with Gasteiger partial charge in [0, 0.05) is 44.1 Å². The van der Waals surface area contributed by atoms with E-state index in [1.807, 2.05) is 59.9 Å². The smallest absolute Gasteiger partial charge is 0.0440 e. The summed E-state index contributed by atoms with van der Waals surface area (Å²) < 4.78 is 2.50. The second-order valence-corrected chi connectivity index (χ2v) is 14.1.